The average molecular weight is 243 g/mol. The molecule has 0 aliphatic carbocycles. The van der Waals surface area contributed by atoms with Crippen LogP contribution in [0.1, 0.15) is 13.3 Å². The maximum absolute atomic E-state index is 9.34. The fourth-order valence-electron chi connectivity index (χ4n) is 1.87. The van der Waals surface area contributed by atoms with Gasteiger partial charge < -0.3 is 15.7 Å². The summed E-state index contributed by atoms with van der Waals surface area (Å²) >= 11 is 0. The van der Waals surface area contributed by atoms with Crippen LogP contribution in [-0.2, 0) is 0 Å². The number of anilines is 3. The Bertz CT molecular complexity index is 511. The first-order valence-electron chi connectivity index (χ1n) is 5.98. The summed E-state index contributed by atoms with van der Waals surface area (Å²) in [5, 5.41) is 9.34. The lowest BCUT2D eigenvalue weighted by Crippen LogP contribution is -2.19. The molecule has 94 valence electrons. The highest BCUT2D eigenvalue weighted by molar-refractivity contribution is 5.73. The van der Waals surface area contributed by atoms with Crippen molar-refractivity contribution in [1.29, 1.82) is 0 Å². The molecule has 0 aliphatic heterocycles. The predicted octanol–water partition coefficient (Wildman–Crippen LogP) is 2.92. The summed E-state index contributed by atoms with van der Waals surface area (Å²) in [5.41, 5.74) is 8.58. The number of phenols is 1. The molecule has 2 aromatic rings. The largest absolute Gasteiger partial charge is 0.508 e. The Balaban J connectivity index is 2.40. The number of hydrogen-bond donors (Lipinski definition) is 2. The lowest BCUT2D eigenvalue weighted by Gasteiger charge is -2.25. The third-order valence-corrected chi connectivity index (χ3v) is 2.73. The number of rotatable bonds is 4. The zero-order chi connectivity index (χ0) is 13.0. The maximum Gasteiger partial charge on any atom is 0.115 e. The Labute approximate surface area is 107 Å². The van der Waals surface area contributed by atoms with Gasteiger partial charge >= 0.3 is 0 Å². The van der Waals surface area contributed by atoms with Crippen LogP contribution in [-0.4, -0.2) is 16.6 Å². The summed E-state index contributed by atoms with van der Waals surface area (Å²) in [4.78, 5) is 6.22. The van der Waals surface area contributed by atoms with E-state index in [0.717, 1.165) is 24.3 Å². The molecule has 0 aliphatic rings. The molecule has 0 saturated carbocycles. The molecular weight excluding hydrogens is 226 g/mol. The minimum absolute atomic E-state index is 0.259. The standard InChI is InChI=1S/C14H17N3O/c1-2-9-17(11-3-5-12(18)6-4-11)14-10-16-8-7-13(14)15/h3-8,10,18H,2,9H2,1H3,(H2,15,16). The van der Waals surface area contributed by atoms with Crippen molar-refractivity contribution in [1.82, 2.24) is 4.98 Å². The fraction of sp³-hybridized carbons (Fsp3) is 0.214. The molecule has 0 unspecified atom stereocenters. The Morgan fingerprint density at radius 2 is 1.94 bits per heavy atom. The molecular formula is C14H17N3O. The number of nitrogens with two attached hydrogens (primary N) is 1. The minimum atomic E-state index is 0.259. The molecule has 0 spiro atoms. The Hall–Kier alpha value is -2.23. The monoisotopic (exact) mass is 243 g/mol. The smallest absolute Gasteiger partial charge is 0.115 e. The van der Waals surface area contributed by atoms with Crippen LogP contribution in [0.4, 0.5) is 17.1 Å². The lowest BCUT2D eigenvalue weighted by atomic mass is 10.2. The van der Waals surface area contributed by atoms with Gasteiger partial charge in [-0.25, -0.2) is 0 Å². The fourth-order valence-corrected chi connectivity index (χ4v) is 1.87. The molecule has 1 heterocycles. The Morgan fingerprint density at radius 3 is 2.56 bits per heavy atom. The normalized spacial score (nSPS) is 10.3. The second kappa shape index (κ2) is 5.40. The average Bonchev–Trinajstić information content (AvgIpc) is 2.38. The molecule has 0 saturated heterocycles. The highest BCUT2D eigenvalue weighted by atomic mass is 16.3. The van der Waals surface area contributed by atoms with Gasteiger partial charge in [0.15, 0.2) is 0 Å². The summed E-state index contributed by atoms with van der Waals surface area (Å²) in [5.74, 6) is 0.259. The van der Waals surface area contributed by atoms with E-state index in [1.807, 2.05) is 12.1 Å². The van der Waals surface area contributed by atoms with Gasteiger partial charge in [0.1, 0.15) is 5.75 Å². The van der Waals surface area contributed by atoms with Gasteiger partial charge in [-0.15, -0.1) is 0 Å². The summed E-state index contributed by atoms with van der Waals surface area (Å²) in [6.07, 6.45) is 4.44. The number of benzene rings is 1. The van der Waals surface area contributed by atoms with Gasteiger partial charge in [-0.3, -0.25) is 4.98 Å². The number of pyridine rings is 1. The van der Waals surface area contributed by atoms with Crippen molar-refractivity contribution < 1.29 is 5.11 Å². The predicted molar refractivity (Wildman–Crippen MR) is 74.1 cm³/mol. The summed E-state index contributed by atoms with van der Waals surface area (Å²) < 4.78 is 0. The molecule has 18 heavy (non-hydrogen) atoms. The molecule has 0 amide bonds. The molecule has 0 fully saturated rings. The van der Waals surface area contributed by atoms with Crippen molar-refractivity contribution in [2.45, 2.75) is 13.3 Å². The van der Waals surface area contributed by atoms with Crippen molar-refractivity contribution >= 4 is 17.1 Å². The van der Waals surface area contributed by atoms with Gasteiger partial charge in [-0.1, -0.05) is 6.92 Å². The number of hydrogen-bond acceptors (Lipinski definition) is 4. The van der Waals surface area contributed by atoms with Crippen LogP contribution < -0.4 is 10.6 Å². The van der Waals surface area contributed by atoms with E-state index in [-0.39, 0.29) is 5.75 Å². The van der Waals surface area contributed by atoms with E-state index < -0.39 is 0 Å². The van der Waals surface area contributed by atoms with Gasteiger partial charge in [0.05, 0.1) is 17.6 Å². The van der Waals surface area contributed by atoms with Crippen molar-refractivity contribution in [3.05, 3.63) is 42.7 Å². The molecule has 0 bridgehead atoms. The van der Waals surface area contributed by atoms with E-state index in [1.165, 1.54) is 0 Å². The molecule has 4 nitrogen and oxygen atoms in total. The molecule has 3 N–H and O–H groups in total. The first kappa shape index (κ1) is 12.2. The summed E-state index contributed by atoms with van der Waals surface area (Å²) in [6.45, 7) is 2.96. The minimum Gasteiger partial charge on any atom is -0.508 e. The van der Waals surface area contributed by atoms with Gasteiger partial charge in [-0.2, -0.15) is 0 Å². The van der Waals surface area contributed by atoms with E-state index >= 15 is 0 Å². The zero-order valence-electron chi connectivity index (χ0n) is 10.4. The second-order valence-electron chi connectivity index (χ2n) is 4.10. The number of aromatic hydroxyl groups is 1. The van der Waals surface area contributed by atoms with Crippen LogP contribution in [0.5, 0.6) is 5.75 Å². The van der Waals surface area contributed by atoms with Crippen molar-refractivity contribution in [2.24, 2.45) is 0 Å². The highest BCUT2D eigenvalue weighted by Crippen LogP contribution is 2.30. The lowest BCUT2D eigenvalue weighted by molar-refractivity contribution is 0.475. The molecule has 2 rings (SSSR count). The van der Waals surface area contributed by atoms with Crippen molar-refractivity contribution in [3.8, 4) is 5.75 Å². The number of aromatic nitrogens is 1. The molecule has 0 atom stereocenters. The van der Waals surface area contributed by atoms with E-state index in [2.05, 4.69) is 16.8 Å². The third kappa shape index (κ3) is 2.53. The quantitative estimate of drug-likeness (QED) is 0.866. The van der Waals surface area contributed by atoms with Crippen LogP contribution in [0.25, 0.3) is 0 Å². The van der Waals surface area contributed by atoms with E-state index in [1.54, 1.807) is 30.6 Å². The van der Waals surface area contributed by atoms with Crippen molar-refractivity contribution in [3.63, 3.8) is 0 Å². The summed E-state index contributed by atoms with van der Waals surface area (Å²) in [7, 11) is 0. The van der Waals surface area contributed by atoms with Crippen LogP contribution >= 0.6 is 0 Å². The van der Waals surface area contributed by atoms with E-state index in [0.29, 0.717) is 5.69 Å². The molecule has 0 radical (unpaired) electrons. The van der Waals surface area contributed by atoms with E-state index in [9.17, 15) is 5.11 Å². The first-order chi connectivity index (χ1) is 8.72. The number of nitrogens with zero attached hydrogens (tertiary/aromatic N) is 2. The zero-order valence-corrected chi connectivity index (χ0v) is 10.4. The van der Waals surface area contributed by atoms with Gasteiger partial charge in [0.25, 0.3) is 0 Å². The first-order valence-corrected chi connectivity index (χ1v) is 5.98. The third-order valence-electron chi connectivity index (χ3n) is 2.73. The Kier molecular flexibility index (Phi) is 3.67. The highest BCUT2D eigenvalue weighted by Gasteiger charge is 2.11. The Morgan fingerprint density at radius 1 is 1.22 bits per heavy atom. The summed E-state index contributed by atoms with van der Waals surface area (Å²) in [6, 6.07) is 8.88. The van der Waals surface area contributed by atoms with Crippen LogP contribution in [0.2, 0.25) is 0 Å². The number of nitrogen functional groups attached to an aromatic ring is 1. The SMILES string of the molecule is CCCN(c1ccc(O)cc1)c1cnccc1N. The topological polar surface area (TPSA) is 62.4 Å². The second-order valence-corrected chi connectivity index (χ2v) is 4.10. The molecule has 4 heteroatoms. The van der Waals surface area contributed by atoms with Crippen molar-refractivity contribution in [2.75, 3.05) is 17.2 Å². The molecule has 1 aromatic heterocycles. The van der Waals surface area contributed by atoms with Gasteiger partial charge in [0, 0.05) is 18.4 Å². The van der Waals surface area contributed by atoms with Gasteiger partial charge in [0.2, 0.25) is 0 Å². The maximum atomic E-state index is 9.34. The van der Waals surface area contributed by atoms with Crippen LogP contribution in [0.3, 0.4) is 0 Å². The van der Waals surface area contributed by atoms with Crippen LogP contribution in [0, 0.1) is 0 Å². The van der Waals surface area contributed by atoms with Gasteiger partial charge in [-0.05, 0) is 36.8 Å². The molecule has 1 aromatic carbocycles. The van der Waals surface area contributed by atoms with E-state index in [4.69, 9.17) is 5.73 Å². The number of phenolic OH excluding ortho intramolecular Hbond substituents is 1. The van der Waals surface area contributed by atoms with Crippen LogP contribution in [0.15, 0.2) is 42.7 Å².